The van der Waals surface area contributed by atoms with Crippen LogP contribution in [-0.4, -0.2) is 14.3 Å². The van der Waals surface area contributed by atoms with Crippen LogP contribution in [0.4, 0.5) is 5.69 Å². The van der Waals surface area contributed by atoms with Gasteiger partial charge in [0.1, 0.15) is 0 Å². The molecule has 0 fully saturated rings. The van der Waals surface area contributed by atoms with E-state index in [0.717, 1.165) is 5.56 Å². The summed E-state index contributed by atoms with van der Waals surface area (Å²) in [6, 6.07) is 4.50. The molecule has 1 aromatic rings. The number of anilines is 1. The zero-order valence-corrected chi connectivity index (χ0v) is 9.23. The van der Waals surface area contributed by atoms with E-state index in [2.05, 4.69) is 5.32 Å². The zero-order chi connectivity index (χ0) is 11.1. The van der Waals surface area contributed by atoms with E-state index in [1.54, 1.807) is 6.07 Å². The molecule has 1 heterocycles. The maximum absolute atomic E-state index is 11.1. The van der Waals surface area contributed by atoms with Gasteiger partial charge in [-0.25, -0.2) is 8.42 Å². The van der Waals surface area contributed by atoms with Crippen LogP contribution >= 0.6 is 10.7 Å². The third-order valence-electron chi connectivity index (χ3n) is 2.26. The molecule has 0 atom stereocenters. The molecule has 0 spiro atoms. The lowest BCUT2D eigenvalue weighted by molar-refractivity contribution is -0.116. The van der Waals surface area contributed by atoms with E-state index in [4.69, 9.17) is 10.7 Å². The van der Waals surface area contributed by atoms with Gasteiger partial charge in [-0.1, -0.05) is 6.07 Å². The molecule has 0 bridgehead atoms. The van der Waals surface area contributed by atoms with Gasteiger partial charge in [0.25, 0.3) is 9.05 Å². The average molecular weight is 246 g/mol. The highest BCUT2D eigenvalue weighted by atomic mass is 35.7. The minimum Gasteiger partial charge on any atom is -0.326 e. The summed E-state index contributed by atoms with van der Waals surface area (Å²) in [5.74, 6) is -0.105. The molecule has 1 aliphatic rings. The number of aryl methyl sites for hydroxylation is 1. The standard InChI is InChI=1S/C9H8ClNO3S/c10-15(13,14)7-3-1-6-2-4-9(12)11-8(6)5-7/h1,3,5H,2,4H2,(H,11,12). The zero-order valence-electron chi connectivity index (χ0n) is 7.66. The highest BCUT2D eigenvalue weighted by Crippen LogP contribution is 2.26. The van der Waals surface area contributed by atoms with Crippen LogP contribution < -0.4 is 5.32 Å². The first-order valence-electron chi connectivity index (χ1n) is 4.34. The molecule has 1 amide bonds. The molecule has 0 unspecified atom stereocenters. The SMILES string of the molecule is O=C1CCc2ccc(S(=O)(=O)Cl)cc2N1. The number of hydrogen-bond acceptors (Lipinski definition) is 3. The molecule has 1 N–H and O–H groups in total. The van der Waals surface area contributed by atoms with Crippen molar-refractivity contribution in [3.63, 3.8) is 0 Å². The van der Waals surface area contributed by atoms with Gasteiger partial charge in [-0.15, -0.1) is 0 Å². The van der Waals surface area contributed by atoms with Crippen LogP contribution in [0.5, 0.6) is 0 Å². The van der Waals surface area contributed by atoms with Gasteiger partial charge in [-0.2, -0.15) is 0 Å². The number of benzene rings is 1. The summed E-state index contributed by atoms with van der Waals surface area (Å²) in [6.45, 7) is 0. The van der Waals surface area contributed by atoms with Crippen LogP contribution in [-0.2, 0) is 20.3 Å². The maximum atomic E-state index is 11.1. The topological polar surface area (TPSA) is 63.2 Å². The summed E-state index contributed by atoms with van der Waals surface area (Å²) in [5.41, 5.74) is 1.46. The van der Waals surface area contributed by atoms with E-state index in [-0.39, 0.29) is 10.8 Å². The number of carbonyl (C=O) groups excluding carboxylic acids is 1. The molecule has 0 saturated carbocycles. The lowest BCUT2D eigenvalue weighted by atomic mass is 10.0. The summed E-state index contributed by atoms with van der Waals surface area (Å²) in [7, 11) is 1.46. The smallest absolute Gasteiger partial charge is 0.261 e. The van der Waals surface area contributed by atoms with E-state index >= 15 is 0 Å². The second kappa shape index (κ2) is 3.50. The molecule has 4 nitrogen and oxygen atoms in total. The number of amides is 1. The third-order valence-corrected chi connectivity index (χ3v) is 3.61. The predicted molar refractivity (Wildman–Crippen MR) is 56.4 cm³/mol. The quantitative estimate of drug-likeness (QED) is 0.763. The molecule has 2 rings (SSSR count). The molecule has 80 valence electrons. The molecular weight excluding hydrogens is 238 g/mol. The molecule has 0 saturated heterocycles. The fourth-order valence-electron chi connectivity index (χ4n) is 1.50. The molecule has 0 aromatic heterocycles. The Kier molecular flexibility index (Phi) is 2.44. The molecule has 0 radical (unpaired) electrons. The van der Waals surface area contributed by atoms with Gasteiger partial charge >= 0.3 is 0 Å². The van der Waals surface area contributed by atoms with Crippen molar-refractivity contribution in [1.82, 2.24) is 0 Å². The Hall–Kier alpha value is -1.07. The normalized spacial score (nSPS) is 15.7. The Morgan fingerprint density at radius 3 is 2.67 bits per heavy atom. The van der Waals surface area contributed by atoms with E-state index in [1.807, 2.05) is 0 Å². The van der Waals surface area contributed by atoms with Gasteiger partial charge in [0.15, 0.2) is 0 Å². The molecule has 0 aliphatic carbocycles. The van der Waals surface area contributed by atoms with E-state index in [0.29, 0.717) is 18.5 Å². The highest BCUT2D eigenvalue weighted by molar-refractivity contribution is 8.13. The molecular formula is C9H8ClNO3S. The van der Waals surface area contributed by atoms with E-state index in [9.17, 15) is 13.2 Å². The van der Waals surface area contributed by atoms with E-state index in [1.165, 1.54) is 12.1 Å². The lowest BCUT2D eigenvalue weighted by Crippen LogP contribution is -2.19. The van der Waals surface area contributed by atoms with Crippen molar-refractivity contribution >= 4 is 31.3 Å². The Morgan fingerprint density at radius 2 is 2.00 bits per heavy atom. The molecule has 15 heavy (non-hydrogen) atoms. The summed E-state index contributed by atoms with van der Waals surface area (Å²) in [5, 5.41) is 2.61. The predicted octanol–water partition coefficient (Wildman–Crippen LogP) is 1.50. The highest BCUT2D eigenvalue weighted by Gasteiger charge is 2.18. The second-order valence-corrected chi connectivity index (χ2v) is 5.87. The van der Waals surface area contributed by atoms with Gasteiger partial charge in [-0.3, -0.25) is 4.79 Å². The molecule has 6 heteroatoms. The summed E-state index contributed by atoms with van der Waals surface area (Å²) in [6.07, 6.45) is 1.06. The van der Waals surface area contributed by atoms with Crippen molar-refractivity contribution < 1.29 is 13.2 Å². The lowest BCUT2D eigenvalue weighted by Gasteiger charge is -2.16. The van der Waals surface area contributed by atoms with E-state index < -0.39 is 9.05 Å². The van der Waals surface area contributed by atoms with Gasteiger partial charge < -0.3 is 5.32 Å². The van der Waals surface area contributed by atoms with Crippen molar-refractivity contribution in [1.29, 1.82) is 0 Å². The van der Waals surface area contributed by atoms with Crippen LogP contribution in [0.2, 0.25) is 0 Å². The Balaban J connectivity index is 2.50. The fraction of sp³-hybridized carbons (Fsp3) is 0.222. The van der Waals surface area contributed by atoms with Crippen molar-refractivity contribution in [3.8, 4) is 0 Å². The number of nitrogens with one attached hydrogen (secondary N) is 1. The van der Waals surface area contributed by atoms with Crippen LogP contribution in [0.25, 0.3) is 0 Å². The first-order chi connectivity index (χ1) is 6.97. The third kappa shape index (κ3) is 2.13. The number of halogens is 1. The van der Waals surface area contributed by atoms with Crippen LogP contribution in [0.15, 0.2) is 23.1 Å². The number of carbonyl (C=O) groups is 1. The Labute approximate surface area is 91.7 Å². The van der Waals surface area contributed by atoms with Crippen molar-refractivity contribution in [3.05, 3.63) is 23.8 Å². The minimum atomic E-state index is -3.73. The van der Waals surface area contributed by atoms with Gasteiger partial charge in [0.05, 0.1) is 4.90 Å². The molecule has 1 aromatic carbocycles. The maximum Gasteiger partial charge on any atom is 0.261 e. The average Bonchev–Trinajstić information content (AvgIpc) is 2.15. The van der Waals surface area contributed by atoms with Crippen molar-refractivity contribution in [2.24, 2.45) is 0 Å². The first-order valence-corrected chi connectivity index (χ1v) is 6.65. The van der Waals surface area contributed by atoms with Gasteiger partial charge in [-0.05, 0) is 24.1 Å². The second-order valence-electron chi connectivity index (χ2n) is 3.30. The first kappa shape index (κ1) is 10.4. The summed E-state index contributed by atoms with van der Waals surface area (Å²) in [4.78, 5) is 11.1. The van der Waals surface area contributed by atoms with Crippen molar-refractivity contribution in [2.45, 2.75) is 17.7 Å². The fourth-order valence-corrected chi connectivity index (χ4v) is 2.28. The molecule has 1 aliphatic heterocycles. The Morgan fingerprint density at radius 1 is 1.27 bits per heavy atom. The Bertz CT molecular complexity index is 524. The summed E-state index contributed by atoms with van der Waals surface area (Å²) < 4.78 is 22.1. The van der Waals surface area contributed by atoms with Crippen molar-refractivity contribution in [2.75, 3.05) is 5.32 Å². The van der Waals surface area contributed by atoms with Crippen LogP contribution in [0.3, 0.4) is 0 Å². The van der Waals surface area contributed by atoms with Gasteiger partial charge in [0, 0.05) is 22.8 Å². The van der Waals surface area contributed by atoms with Crippen LogP contribution in [0, 0.1) is 0 Å². The number of fused-ring (bicyclic) bond motifs is 1. The van der Waals surface area contributed by atoms with Gasteiger partial charge in [0.2, 0.25) is 5.91 Å². The minimum absolute atomic E-state index is 0.00474. The number of hydrogen-bond donors (Lipinski definition) is 1. The number of rotatable bonds is 1. The van der Waals surface area contributed by atoms with Crippen LogP contribution in [0.1, 0.15) is 12.0 Å². The summed E-state index contributed by atoms with van der Waals surface area (Å²) >= 11 is 0. The largest absolute Gasteiger partial charge is 0.326 e. The monoisotopic (exact) mass is 245 g/mol.